The highest BCUT2D eigenvalue weighted by Gasteiger charge is 2.13. The molecular formula is C22H25N4O+. The van der Waals surface area contributed by atoms with E-state index in [4.69, 9.17) is 11.1 Å². The van der Waals surface area contributed by atoms with Gasteiger partial charge in [-0.3, -0.25) is 15.5 Å². The zero-order chi connectivity index (χ0) is 19.6. The predicted octanol–water partition coefficient (Wildman–Crippen LogP) is 3.10. The van der Waals surface area contributed by atoms with Crippen LogP contribution in [0.1, 0.15) is 18.1 Å². The summed E-state index contributed by atoms with van der Waals surface area (Å²) in [5, 5.41) is 10.0. The van der Waals surface area contributed by atoms with E-state index in [0.717, 1.165) is 17.7 Å². The Balaban J connectivity index is 2.13. The van der Waals surface area contributed by atoms with E-state index in [0.29, 0.717) is 5.69 Å². The van der Waals surface area contributed by atoms with Gasteiger partial charge >= 0.3 is 0 Å². The number of para-hydroxylation sites is 1. The Morgan fingerprint density at radius 1 is 1.19 bits per heavy atom. The molecule has 0 aromatic heterocycles. The third-order valence-corrected chi connectivity index (χ3v) is 4.01. The minimum Gasteiger partial charge on any atom is -0.405 e. The minimum absolute atomic E-state index is 0.202. The molecule has 0 saturated heterocycles. The van der Waals surface area contributed by atoms with E-state index in [9.17, 15) is 4.79 Å². The van der Waals surface area contributed by atoms with Crippen LogP contribution in [-0.2, 0) is 11.2 Å². The number of hydrogen-bond acceptors (Lipinski definition) is 4. The molecule has 138 valence electrons. The number of nitrogens with zero attached hydrogens (tertiary/aromatic N) is 1. The molecule has 0 radical (unpaired) electrons. The lowest BCUT2D eigenvalue weighted by Crippen LogP contribution is -2.71. The van der Waals surface area contributed by atoms with Crippen LogP contribution < -0.4 is 11.1 Å². The molecular weight excluding hydrogens is 336 g/mol. The quantitative estimate of drug-likeness (QED) is 0.383. The van der Waals surface area contributed by atoms with Crippen LogP contribution in [0.3, 0.4) is 0 Å². The van der Waals surface area contributed by atoms with E-state index < -0.39 is 5.78 Å². The number of carbonyl (C=O) groups excluding carboxylic acids is 1. The van der Waals surface area contributed by atoms with E-state index in [-0.39, 0.29) is 11.4 Å². The number of nitrogens with one attached hydrogen (secondary N) is 1. The molecule has 0 aliphatic rings. The maximum atomic E-state index is 12.4. The average Bonchev–Trinajstić information content (AvgIpc) is 2.68. The van der Waals surface area contributed by atoms with Gasteiger partial charge in [-0.1, -0.05) is 37.3 Å². The Bertz CT molecular complexity index is 910. The van der Waals surface area contributed by atoms with Crippen molar-refractivity contribution in [3.05, 3.63) is 84.2 Å². The summed E-state index contributed by atoms with van der Waals surface area (Å²) in [5.41, 5.74) is 9.41. The second-order valence-corrected chi connectivity index (χ2v) is 6.01. The van der Waals surface area contributed by atoms with E-state index in [1.807, 2.05) is 48.6 Å². The molecule has 27 heavy (non-hydrogen) atoms. The Kier molecular flexibility index (Phi) is 7.40. The summed E-state index contributed by atoms with van der Waals surface area (Å²) in [5.74, 6) is -0.427. The van der Waals surface area contributed by atoms with Crippen molar-refractivity contribution in [1.29, 1.82) is 5.41 Å². The SMILES string of the molecule is CCc1cccc([NH2+]C=CC(=O)C(=N)C(C=CN)=Nc2ccccc2C)c1. The van der Waals surface area contributed by atoms with Gasteiger partial charge in [0.05, 0.1) is 11.4 Å². The van der Waals surface area contributed by atoms with E-state index in [2.05, 4.69) is 24.0 Å². The second-order valence-electron chi connectivity index (χ2n) is 6.01. The fraction of sp³-hybridized carbons (Fsp3) is 0.136. The summed E-state index contributed by atoms with van der Waals surface area (Å²) in [6, 6.07) is 15.6. The molecule has 0 aliphatic heterocycles. The summed E-state index contributed by atoms with van der Waals surface area (Å²) >= 11 is 0. The lowest BCUT2D eigenvalue weighted by atomic mass is 10.1. The number of benzene rings is 2. The molecule has 0 fully saturated rings. The summed E-state index contributed by atoms with van der Waals surface area (Å²) < 4.78 is 0. The summed E-state index contributed by atoms with van der Waals surface area (Å²) in [6.45, 7) is 4.02. The topological polar surface area (TPSA) is 95.9 Å². The van der Waals surface area contributed by atoms with Gasteiger partial charge in [0.15, 0.2) is 0 Å². The van der Waals surface area contributed by atoms with Crippen LogP contribution in [0.25, 0.3) is 0 Å². The third kappa shape index (κ3) is 5.87. The van der Waals surface area contributed by atoms with Crippen molar-refractivity contribution in [2.75, 3.05) is 0 Å². The number of aliphatic imine (C=N–C) groups is 1. The lowest BCUT2D eigenvalue weighted by molar-refractivity contribution is -0.496. The van der Waals surface area contributed by atoms with Crippen LogP contribution >= 0.6 is 0 Å². The minimum atomic E-state index is -0.427. The highest BCUT2D eigenvalue weighted by atomic mass is 16.1. The van der Waals surface area contributed by atoms with Gasteiger partial charge in [-0.2, -0.15) is 0 Å². The van der Waals surface area contributed by atoms with Crippen molar-refractivity contribution in [3.8, 4) is 0 Å². The zero-order valence-corrected chi connectivity index (χ0v) is 15.6. The number of allylic oxidation sites excluding steroid dienone is 2. The highest BCUT2D eigenvalue weighted by molar-refractivity contribution is 6.70. The van der Waals surface area contributed by atoms with Gasteiger partial charge in [-0.05, 0) is 48.9 Å². The molecule has 0 unspecified atom stereocenters. The fourth-order valence-corrected chi connectivity index (χ4v) is 2.46. The highest BCUT2D eigenvalue weighted by Crippen LogP contribution is 2.17. The zero-order valence-electron chi connectivity index (χ0n) is 15.6. The van der Waals surface area contributed by atoms with Gasteiger partial charge in [-0.15, -0.1) is 0 Å². The van der Waals surface area contributed by atoms with Crippen molar-refractivity contribution in [2.24, 2.45) is 10.7 Å². The standard InChI is InChI=1S/C22H24N4O/c1-3-17-8-6-9-18(15-17)25-14-12-21(27)22(24)20(11-13-23)26-19-10-5-4-7-16(19)2/h4-15,24-25H,3,23H2,1-2H3/p+1. The monoisotopic (exact) mass is 361 g/mol. The van der Waals surface area contributed by atoms with E-state index >= 15 is 0 Å². The number of rotatable bonds is 8. The predicted molar refractivity (Wildman–Crippen MR) is 111 cm³/mol. The van der Waals surface area contributed by atoms with Crippen LogP contribution in [0.4, 0.5) is 11.4 Å². The summed E-state index contributed by atoms with van der Waals surface area (Å²) in [7, 11) is 0. The molecule has 2 aromatic carbocycles. The largest absolute Gasteiger partial charge is 0.405 e. The number of aryl methyl sites for hydroxylation is 2. The van der Waals surface area contributed by atoms with Crippen LogP contribution in [0.15, 0.2) is 78.1 Å². The Labute approximate surface area is 159 Å². The lowest BCUT2D eigenvalue weighted by Gasteiger charge is -2.03. The van der Waals surface area contributed by atoms with Gasteiger partial charge in [0.1, 0.15) is 17.6 Å². The molecule has 5 heteroatoms. The molecule has 0 bridgehead atoms. The van der Waals surface area contributed by atoms with Gasteiger partial charge in [0.25, 0.3) is 0 Å². The first-order valence-corrected chi connectivity index (χ1v) is 8.81. The maximum Gasteiger partial charge on any atom is 0.210 e. The molecule has 2 aromatic rings. The van der Waals surface area contributed by atoms with Crippen LogP contribution in [0.5, 0.6) is 0 Å². The number of nitrogens with two attached hydrogens (primary N) is 2. The maximum absolute atomic E-state index is 12.4. The Hall–Kier alpha value is -3.31. The molecule has 0 spiro atoms. The molecule has 0 saturated carbocycles. The van der Waals surface area contributed by atoms with E-state index in [1.165, 1.54) is 23.9 Å². The Morgan fingerprint density at radius 2 is 1.96 bits per heavy atom. The Morgan fingerprint density at radius 3 is 2.67 bits per heavy atom. The third-order valence-electron chi connectivity index (χ3n) is 4.01. The van der Waals surface area contributed by atoms with E-state index in [1.54, 1.807) is 6.20 Å². The van der Waals surface area contributed by atoms with Crippen molar-refractivity contribution in [3.63, 3.8) is 0 Å². The van der Waals surface area contributed by atoms with Crippen molar-refractivity contribution < 1.29 is 10.1 Å². The second kappa shape index (κ2) is 9.99. The van der Waals surface area contributed by atoms with Crippen molar-refractivity contribution in [2.45, 2.75) is 20.3 Å². The first kappa shape index (κ1) is 20.0. The molecule has 5 N–H and O–H groups in total. The van der Waals surface area contributed by atoms with Gasteiger partial charge in [0, 0.05) is 12.1 Å². The summed E-state index contributed by atoms with van der Waals surface area (Å²) in [4.78, 5) is 16.8. The average molecular weight is 361 g/mol. The molecule has 0 amide bonds. The van der Waals surface area contributed by atoms with Gasteiger partial charge in [0.2, 0.25) is 5.78 Å². The van der Waals surface area contributed by atoms with Crippen molar-refractivity contribution >= 4 is 28.6 Å². The fourth-order valence-electron chi connectivity index (χ4n) is 2.46. The molecule has 5 nitrogen and oxygen atoms in total. The summed E-state index contributed by atoms with van der Waals surface area (Å²) in [6.07, 6.45) is 6.74. The number of carbonyl (C=O) groups is 1. The number of quaternary nitrogens is 1. The van der Waals surface area contributed by atoms with Gasteiger partial charge in [-0.25, -0.2) is 4.99 Å². The normalized spacial score (nSPS) is 12.0. The first-order chi connectivity index (χ1) is 13.0. The van der Waals surface area contributed by atoms with Crippen LogP contribution in [0, 0.1) is 12.3 Å². The smallest absolute Gasteiger partial charge is 0.210 e. The molecule has 0 atom stereocenters. The van der Waals surface area contributed by atoms with Gasteiger partial charge < -0.3 is 5.73 Å². The molecule has 2 rings (SSSR count). The molecule has 0 aliphatic carbocycles. The molecule has 0 heterocycles. The number of ketones is 1. The van der Waals surface area contributed by atoms with Crippen LogP contribution in [-0.4, -0.2) is 17.2 Å². The number of hydrogen-bond donors (Lipinski definition) is 3. The first-order valence-electron chi connectivity index (χ1n) is 8.81. The van der Waals surface area contributed by atoms with Crippen LogP contribution in [0.2, 0.25) is 0 Å². The van der Waals surface area contributed by atoms with Crippen molar-refractivity contribution in [1.82, 2.24) is 0 Å².